The van der Waals surface area contributed by atoms with Gasteiger partial charge in [-0.05, 0) is 41.5 Å². The molecule has 3 aromatic heterocycles. The molecular weight excluding hydrogens is 1090 g/mol. The summed E-state index contributed by atoms with van der Waals surface area (Å²) in [6, 6.07) is 10.0. The van der Waals surface area contributed by atoms with Crippen LogP contribution in [0.5, 0.6) is 0 Å². The molecule has 12 N–H and O–H groups in total. The number of aliphatic hydroxyl groups is 3. The predicted octanol–water partition coefficient (Wildman–Crippen LogP) is -0.157. The van der Waals surface area contributed by atoms with Crippen molar-refractivity contribution in [3.05, 3.63) is 101 Å². The molecule has 7 rings (SSSR count). The number of rotatable bonds is 22. The highest BCUT2D eigenvalue weighted by atomic mass is 31.2. The number of phosphoric acid groups is 2. The number of carbonyl (C=O) groups excluding carboxylic acids is 3. The van der Waals surface area contributed by atoms with Crippen molar-refractivity contribution in [3.8, 4) is 0 Å². The van der Waals surface area contributed by atoms with Crippen molar-refractivity contribution < 1.29 is 108 Å². The summed E-state index contributed by atoms with van der Waals surface area (Å²) in [6.45, 7) is -5.44. The summed E-state index contributed by atoms with van der Waals surface area (Å²) < 4.78 is 122. The fraction of sp³-hybridized carbons (Fsp3) is 0.415. The number of halogens is 4. The van der Waals surface area contributed by atoms with Gasteiger partial charge >= 0.3 is 39.6 Å². The van der Waals surface area contributed by atoms with Crippen molar-refractivity contribution in [1.29, 1.82) is 0 Å². The SMILES string of the molecule is Nc1ccn(C2O[C@H](COP(=O)(O)O)[C@@H](OP(=O)(O)OCC3OC(n4cnc5c(N)ncnc54)[C@H](O)[C@@H]3OC(=O)C(COCC(O)C(F)(F)F)NC(=O)OCc3ccc(NC(=O)Cc4ccc(F)cc4)cc3)[C@H]2O)c(=O)n1. The molecule has 0 radical (unpaired) electrons. The maximum absolute atomic E-state index is 14.0. The first-order chi connectivity index (χ1) is 36.2. The Morgan fingerprint density at radius 2 is 1.48 bits per heavy atom. The van der Waals surface area contributed by atoms with Crippen LogP contribution in [0.4, 0.5) is 39.7 Å². The van der Waals surface area contributed by atoms with Crippen LogP contribution in [0, 0.1) is 5.82 Å². The summed E-state index contributed by atoms with van der Waals surface area (Å²) in [7, 11) is -10.9. The first-order valence-electron chi connectivity index (χ1n) is 22.2. The Balaban J connectivity index is 1.07. The van der Waals surface area contributed by atoms with Crippen LogP contribution in [0.15, 0.2) is 78.2 Å². The fourth-order valence-electron chi connectivity index (χ4n) is 7.43. The van der Waals surface area contributed by atoms with Crippen LogP contribution in [0.2, 0.25) is 0 Å². The number of aliphatic hydroxyl groups excluding tert-OH is 3. The van der Waals surface area contributed by atoms with E-state index in [2.05, 4.69) is 29.8 Å². The molecule has 2 aliphatic heterocycles. The van der Waals surface area contributed by atoms with Gasteiger partial charge in [0.1, 0.15) is 60.6 Å². The zero-order valence-electron chi connectivity index (χ0n) is 39.1. The Labute approximate surface area is 428 Å². The molecule has 5 aromatic rings. The molecule has 0 saturated carbocycles. The molecule has 11 atom stereocenters. The minimum atomic E-state index is -5.62. The molecule has 77 heavy (non-hydrogen) atoms. The molecule has 5 heterocycles. The number of esters is 1. The number of fused-ring (bicyclic) bond motifs is 1. The summed E-state index contributed by atoms with van der Waals surface area (Å²) >= 11 is 0. The van der Waals surface area contributed by atoms with Gasteiger partial charge in [-0.1, -0.05) is 24.3 Å². The highest BCUT2D eigenvalue weighted by Crippen LogP contribution is 2.50. The Morgan fingerprint density at radius 1 is 0.844 bits per heavy atom. The van der Waals surface area contributed by atoms with Gasteiger partial charge in [0, 0.05) is 11.9 Å². The number of carbonyl (C=O) groups is 3. The summed E-state index contributed by atoms with van der Waals surface area (Å²) in [5, 5.41) is 37.1. The maximum atomic E-state index is 14.0. The molecule has 6 unspecified atom stereocenters. The lowest BCUT2D eigenvalue weighted by atomic mass is 10.1. The van der Waals surface area contributed by atoms with Gasteiger partial charge in [-0.15, -0.1) is 0 Å². The number of hydrogen-bond donors (Lipinski definition) is 10. The highest BCUT2D eigenvalue weighted by molar-refractivity contribution is 7.47. The lowest BCUT2D eigenvalue weighted by Crippen LogP contribution is -2.49. The van der Waals surface area contributed by atoms with Gasteiger partial charge in [0.2, 0.25) is 5.91 Å². The van der Waals surface area contributed by atoms with Crippen molar-refractivity contribution in [2.24, 2.45) is 0 Å². The van der Waals surface area contributed by atoms with E-state index in [1.54, 1.807) is 0 Å². The summed E-state index contributed by atoms with van der Waals surface area (Å²) in [4.78, 5) is 97.3. The van der Waals surface area contributed by atoms with Crippen LogP contribution < -0.4 is 27.8 Å². The van der Waals surface area contributed by atoms with Crippen LogP contribution >= 0.6 is 15.6 Å². The number of nitrogens with zero attached hydrogens (tertiary/aromatic N) is 6. The number of aromatic nitrogens is 6. The number of nitrogen functional groups attached to an aromatic ring is 2. The minimum absolute atomic E-state index is 0.0167. The second kappa shape index (κ2) is 24.4. The molecule has 2 aliphatic rings. The number of nitrogens with two attached hydrogens (primary N) is 2. The van der Waals surface area contributed by atoms with Gasteiger partial charge in [0.15, 0.2) is 42.2 Å². The van der Waals surface area contributed by atoms with E-state index in [0.29, 0.717) is 21.4 Å². The smallest absolute Gasteiger partial charge is 0.455 e. The van der Waals surface area contributed by atoms with Crippen molar-refractivity contribution in [1.82, 2.24) is 34.4 Å². The van der Waals surface area contributed by atoms with E-state index in [4.69, 9.17) is 44.2 Å². The number of imidazole rings is 1. The predicted molar refractivity (Wildman–Crippen MR) is 246 cm³/mol. The number of alkyl halides is 3. The first-order valence-corrected chi connectivity index (χ1v) is 25.2. The normalized spacial score (nSPS) is 23.2. The largest absolute Gasteiger partial charge is 0.472 e. The monoisotopic (exact) mass is 1140 g/mol. The molecule has 0 spiro atoms. The quantitative estimate of drug-likeness (QED) is 0.0245. The van der Waals surface area contributed by atoms with Crippen LogP contribution in [0.3, 0.4) is 0 Å². The average molecular weight is 1140 g/mol. The number of hydrogen-bond acceptors (Lipinski definition) is 23. The Morgan fingerprint density at radius 3 is 2.14 bits per heavy atom. The second-order valence-corrected chi connectivity index (χ2v) is 19.3. The van der Waals surface area contributed by atoms with Gasteiger partial charge in [-0.25, -0.2) is 42.9 Å². The van der Waals surface area contributed by atoms with Crippen molar-refractivity contribution in [2.75, 3.05) is 43.2 Å². The van der Waals surface area contributed by atoms with Crippen LogP contribution in [-0.2, 0) is 69.0 Å². The summed E-state index contributed by atoms with van der Waals surface area (Å²) in [5.74, 6) is -2.88. The van der Waals surface area contributed by atoms with E-state index in [0.717, 1.165) is 29.5 Å². The van der Waals surface area contributed by atoms with E-state index < -0.39 is 146 Å². The van der Waals surface area contributed by atoms with Crippen molar-refractivity contribution in [3.63, 3.8) is 0 Å². The van der Waals surface area contributed by atoms with E-state index >= 15 is 0 Å². The maximum Gasteiger partial charge on any atom is 0.472 e. The number of nitrogens with one attached hydrogen (secondary N) is 2. The van der Waals surface area contributed by atoms with Crippen LogP contribution in [-0.4, -0.2) is 158 Å². The van der Waals surface area contributed by atoms with E-state index in [1.807, 2.05) is 5.32 Å². The molecular formula is C41H46F4N10O20P2. The Hall–Kier alpha value is -6.62. The van der Waals surface area contributed by atoms with E-state index in [-0.39, 0.29) is 29.2 Å². The van der Waals surface area contributed by atoms with Gasteiger partial charge in [-0.2, -0.15) is 18.2 Å². The second-order valence-electron chi connectivity index (χ2n) is 16.7. The molecule has 418 valence electrons. The standard InChI is InChI=1S/C41H46F4N10O20P2/c42-21-5-1-19(2-6-21)11-28(57)51-22-7-3-20(4-8-22)12-69-40(62)52-23(13-68-16-26(56)41(43,44)45)38(60)74-32-24(72-37(30(32)58)55-18-50-29-34(47)48-17-49-35(29)55)15-71-77(66,67)75-33-25(14-70-76(63,64)65)73-36(31(33)59)54-10-9-27(46)53-39(54)61/h1-10,17-18,23-26,30-33,36-37,56,58-59H,11-16H2,(H,51,57)(H,52,62)(H,66,67)(H2,46,53,61)(H2,47,48,49)(H2,63,64,65)/t23?,24?,25-,26?,30-,31-,32-,33-,36?,37?/m1/s1. The minimum Gasteiger partial charge on any atom is -0.455 e. The van der Waals surface area contributed by atoms with E-state index in [9.17, 15) is 75.9 Å². The third-order valence-electron chi connectivity index (χ3n) is 11.1. The van der Waals surface area contributed by atoms with Gasteiger partial charge < -0.3 is 75.8 Å². The first kappa shape index (κ1) is 58.1. The van der Waals surface area contributed by atoms with Crippen molar-refractivity contribution >= 4 is 62.1 Å². The number of amides is 2. The molecule has 2 aromatic carbocycles. The molecule has 0 bridgehead atoms. The lowest BCUT2D eigenvalue weighted by molar-refractivity contribution is -0.218. The highest BCUT2D eigenvalue weighted by Gasteiger charge is 2.52. The molecule has 0 aliphatic carbocycles. The molecule has 30 nitrogen and oxygen atoms in total. The lowest BCUT2D eigenvalue weighted by Gasteiger charge is -2.26. The van der Waals surface area contributed by atoms with E-state index in [1.165, 1.54) is 48.5 Å². The number of benzene rings is 2. The van der Waals surface area contributed by atoms with Crippen molar-refractivity contribution in [2.45, 2.75) is 80.4 Å². The zero-order valence-corrected chi connectivity index (χ0v) is 40.9. The van der Waals surface area contributed by atoms with Crippen LogP contribution in [0.1, 0.15) is 23.6 Å². The summed E-state index contributed by atoms with van der Waals surface area (Å²) in [6.07, 6.45) is -22.2. The number of anilines is 3. The molecule has 2 fully saturated rings. The average Bonchev–Trinajstić information content (AvgIpc) is 4.05. The van der Waals surface area contributed by atoms with Gasteiger partial charge in [0.05, 0.1) is 39.2 Å². The van der Waals surface area contributed by atoms with Gasteiger partial charge in [-0.3, -0.25) is 27.5 Å². The Bertz CT molecular complexity index is 3050. The topological polar surface area (TPSA) is 435 Å². The molecule has 36 heteroatoms. The zero-order chi connectivity index (χ0) is 56.0. The number of alkyl carbamates (subject to hydrolysis) is 1. The molecule has 2 saturated heterocycles. The van der Waals surface area contributed by atoms with Crippen LogP contribution in [0.25, 0.3) is 11.2 Å². The number of ether oxygens (including phenoxy) is 5. The molecule has 2 amide bonds. The fourth-order valence-corrected chi connectivity index (χ4v) is 8.73. The Kier molecular flexibility index (Phi) is 18.4. The van der Waals surface area contributed by atoms with Gasteiger partial charge in [0.25, 0.3) is 0 Å². The number of phosphoric ester groups is 2. The summed E-state index contributed by atoms with van der Waals surface area (Å²) in [5.41, 5.74) is 11.4. The third kappa shape index (κ3) is 15.3. The third-order valence-corrected chi connectivity index (χ3v) is 12.6.